The van der Waals surface area contributed by atoms with Crippen molar-refractivity contribution in [1.29, 1.82) is 0 Å². The van der Waals surface area contributed by atoms with E-state index in [1.54, 1.807) is 0 Å². The predicted molar refractivity (Wildman–Crippen MR) is 19.5 cm³/mol. The molecule has 75 valence electrons. The van der Waals surface area contributed by atoms with Crippen LogP contribution < -0.4 is 15.3 Å². The number of hydrogen-bond acceptors (Lipinski definition) is 6. The van der Waals surface area contributed by atoms with Gasteiger partial charge < -0.3 is 29.7 Å². The predicted octanol–water partition coefficient (Wildman–Crippen LogP) is -2.10. The molecule has 0 rings (SSSR count). The van der Waals surface area contributed by atoms with Gasteiger partial charge in [-0.2, -0.15) is 13.2 Å². The van der Waals surface area contributed by atoms with Crippen LogP contribution in [0.3, 0.4) is 0 Å². The van der Waals surface area contributed by atoms with E-state index in [2.05, 4.69) is 0 Å². The number of hydrogen-bond donors (Lipinski definition) is 0. The van der Waals surface area contributed by atoms with Crippen LogP contribution >= 0.6 is 0 Å². The van der Waals surface area contributed by atoms with Crippen molar-refractivity contribution in [3.05, 3.63) is 0 Å². The number of carbonyl (C=O) groups excluding carboxylic acids is 3. The third-order valence-corrected chi connectivity index (χ3v) is 0. The van der Waals surface area contributed by atoms with Gasteiger partial charge >= 0.3 is 17.4 Å². The number of rotatable bonds is 0. The summed E-state index contributed by atoms with van der Waals surface area (Å²) in [5.74, 6) is 0. The molecule has 0 aromatic heterocycles. The first-order chi connectivity index (χ1) is 5.20. The molecular formula is C3CrF3O6. The minimum absolute atomic E-state index is 0. The topological polar surface area (TPSA) is 120 Å². The molecule has 0 aliphatic rings. The largest absolute Gasteiger partial charge is 3.00 e. The van der Waals surface area contributed by atoms with Gasteiger partial charge in [0.15, 0.2) is 0 Å². The Morgan fingerprint density at radius 1 is 0.692 bits per heavy atom. The van der Waals surface area contributed by atoms with E-state index in [0.717, 1.165) is 0 Å². The van der Waals surface area contributed by atoms with E-state index in [4.69, 9.17) is 29.7 Å². The van der Waals surface area contributed by atoms with Gasteiger partial charge in [-0.1, -0.05) is 0 Å². The van der Waals surface area contributed by atoms with E-state index in [-0.39, 0.29) is 17.4 Å². The molecule has 0 saturated heterocycles. The molecule has 0 N–H and O–H groups in total. The molecule has 1 radical (unpaired) electrons. The van der Waals surface area contributed by atoms with Gasteiger partial charge in [0.05, 0.1) is 0 Å². The normalized spacial score (nSPS) is 5.77. The standard InChI is InChI=1S/3CHFO2.Cr/c3*2-1(3)4;/h3*(H,3,4);/q;;;+3/p-3. The van der Waals surface area contributed by atoms with Crippen molar-refractivity contribution in [2.75, 3.05) is 0 Å². The molecule has 0 atom stereocenters. The van der Waals surface area contributed by atoms with Crippen molar-refractivity contribution in [3.8, 4) is 0 Å². The van der Waals surface area contributed by atoms with E-state index >= 15 is 0 Å². The Labute approximate surface area is 79.7 Å². The van der Waals surface area contributed by atoms with Crippen molar-refractivity contribution < 1.29 is 60.2 Å². The zero-order valence-corrected chi connectivity index (χ0v) is 6.77. The fourth-order valence-electron chi connectivity index (χ4n) is 0. The summed E-state index contributed by atoms with van der Waals surface area (Å²) in [7, 11) is 0. The van der Waals surface area contributed by atoms with Gasteiger partial charge in [-0.25, -0.2) is 0 Å². The summed E-state index contributed by atoms with van der Waals surface area (Å²) in [6.45, 7) is 0. The van der Waals surface area contributed by atoms with E-state index in [1.807, 2.05) is 0 Å². The average Bonchev–Trinajstić information content (AvgIpc) is 1.54. The maximum atomic E-state index is 9.81. The van der Waals surface area contributed by atoms with Gasteiger partial charge in [0.1, 0.15) is 0 Å². The number of carbonyl (C=O) groups is 3. The maximum Gasteiger partial charge on any atom is 3.00 e. The van der Waals surface area contributed by atoms with Crippen LogP contribution in [0, 0.1) is 0 Å². The fraction of sp³-hybridized carbons (Fsp3) is 0. The summed E-state index contributed by atoms with van der Waals surface area (Å²) >= 11 is 0. The van der Waals surface area contributed by atoms with Gasteiger partial charge in [-0.15, -0.1) is 0 Å². The molecule has 0 fully saturated rings. The van der Waals surface area contributed by atoms with Crippen molar-refractivity contribution in [2.45, 2.75) is 0 Å². The smallest absolute Gasteiger partial charge is 0.520 e. The van der Waals surface area contributed by atoms with Gasteiger partial charge in [0.25, 0.3) is 0 Å². The first kappa shape index (κ1) is 22.6. The Bertz CT molecular complexity index is 121. The monoisotopic (exact) mass is 241 g/mol. The Balaban J connectivity index is -0.0000000450. The molecule has 6 nitrogen and oxygen atoms in total. The zero-order chi connectivity index (χ0) is 10.7. The third kappa shape index (κ3) is 509. The summed E-state index contributed by atoms with van der Waals surface area (Å²) in [6, 6.07) is 0. The molecule has 0 amide bonds. The molecule has 0 aliphatic heterocycles. The summed E-state index contributed by atoms with van der Waals surface area (Å²) in [6.07, 6.45) is -7.75. The molecule has 0 heterocycles. The maximum absolute atomic E-state index is 9.81. The fourth-order valence-corrected chi connectivity index (χ4v) is 0. The number of halogens is 3. The Morgan fingerprint density at radius 2 is 0.692 bits per heavy atom. The van der Waals surface area contributed by atoms with Crippen molar-refractivity contribution >= 4 is 18.7 Å². The average molecular weight is 241 g/mol. The van der Waals surface area contributed by atoms with Crippen molar-refractivity contribution in [2.24, 2.45) is 0 Å². The molecule has 13 heavy (non-hydrogen) atoms. The zero-order valence-electron chi connectivity index (χ0n) is 5.49. The molecule has 0 bridgehead atoms. The van der Waals surface area contributed by atoms with Crippen LogP contribution in [-0.2, 0) is 17.4 Å². The molecule has 0 aromatic rings. The van der Waals surface area contributed by atoms with Crippen LogP contribution in [0.25, 0.3) is 0 Å². The quantitative estimate of drug-likeness (QED) is 0.447. The second-order valence-corrected chi connectivity index (χ2v) is 0.713. The van der Waals surface area contributed by atoms with E-state index < -0.39 is 18.7 Å². The van der Waals surface area contributed by atoms with E-state index in [1.165, 1.54) is 0 Å². The summed E-state index contributed by atoms with van der Waals surface area (Å²) in [4.78, 5) is 24.7. The van der Waals surface area contributed by atoms with Crippen LogP contribution in [0.2, 0.25) is 0 Å². The SMILES string of the molecule is O=C([O-])F.O=C([O-])F.O=C([O-])F.[Cr+3]. The minimum Gasteiger partial charge on any atom is -0.520 e. The van der Waals surface area contributed by atoms with Crippen molar-refractivity contribution in [1.82, 2.24) is 0 Å². The van der Waals surface area contributed by atoms with E-state index in [0.29, 0.717) is 0 Å². The molecule has 0 aliphatic carbocycles. The Hall–Kier alpha value is -1.27. The molecule has 0 unspecified atom stereocenters. The third-order valence-electron chi connectivity index (χ3n) is 0. The summed E-state index contributed by atoms with van der Waals surface area (Å²) in [5, 5.41) is 24.7. The van der Waals surface area contributed by atoms with Gasteiger partial charge in [-0.05, 0) is 0 Å². The molecule has 0 aromatic carbocycles. The van der Waals surface area contributed by atoms with Crippen LogP contribution in [0.1, 0.15) is 0 Å². The van der Waals surface area contributed by atoms with Crippen LogP contribution in [0.4, 0.5) is 27.6 Å². The van der Waals surface area contributed by atoms with Gasteiger partial charge in [-0.3, -0.25) is 0 Å². The first-order valence-corrected chi connectivity index (χ1v) is 1.79. The molecule has 10 heteroatoms. The van der Waals surface area contributed by atoms with Crippen molar-refractivity contribution in [3.63, 3.8) is 0 Å². The van der Waals surface area contributed by atoms with E-state index in [9.17, 15) is 13.2 Å². The Morgan fingerprint density at radius 3 is 0.692 bits per heavy atom. The number of carboxylic acid groups (broad SMARTS) is 3. The molecule has 0 saturated carbocycles. The second kappa shape index (κ2) is 17.0. The molecule has 0 spiro atoms. The van der Waals surface area contributed by atoms with Gasteiger partial charge in [0.2, 0.25) is 18.7 Å². The van der Waals surface area contributed by atoms with Crippen LogP contribution in [0.15, 0.2) is 0 Å². The Kier molecular flexibility index (Phi) is 29.6. The minimum atomic E-state index is -2.58. The summed E-state index contributed by atoms with van der Waals surface area (Å²) < 4.78 is 29.4. The first-order valence-electron chi connectivity index (χ1n) is 1.79. The summed E-state index contributed by atoms with van der Waals surface area (Å²) in [5.41, 5.74) is 0. The molecular weight excluding hydrogens is 241 g/mol. The van der Waals surface area contributed by atoms with Crippen LogP contribution in [-0.4, -0.2) is 18.7 Å². The van der Waals surface area contributed by atoms with Crippen LogP contribution in [0.5, 0.6) is 0 Å². The van der Waals surface area contributed by atoms with Gasteiger partial charge in [0, 0.05) is 0 Å². The second-order valence-electron chi connectivity index (χ2n) is 0.713.